The van der Waals surface area contributed by atoms with Gasteiger partial charge in [0.2, 0.25) is 0 Å². The lowest BCUT2D eigenvalue weighted by Gasteiger charge is -2.33. The van der Waals surface area contributed by atoms with Gasteiger partial charge in [-0.15, -0.1) is 0 Å². The summed E-state index contributed by atoms with van der Waals surface area (Å²) in [7, 11) is 0. The molecule has 3 rings (SSSR count). The summed E-state index contributed by atoms with van der Waals surface area (Å²) in [6.45, 7) is 4.37. The number of Topliss-reactive ketones (excluding diaryl/α,β-unsaturated/α-hetero) is 1. The van der Waals surface area contributed by atoms with Gasteiger partial charge in [0.15, 0.2) is 5.78 Å². The maximum Gasteiger partial charge on any atom is 0.189 e. The van der Waals surface area contributed by atoms with E-state index in [9.17, 15) is 4.79 Å². The van der Waals surface area contributed by atoms with Crippen molar-refractivity contribution in [2.45, 2.75) is 25.7 Å². The van der Waals surface area contributed by atoms with Crippen molar-refractivity contribution >= 4 is 23.5 Å². The van der Waals surface area contributed by atoms with Gasteiger partial charge in [0.05, 0.1) is 0 Å². The maximum absolute atomic E-state index is 12.7. The molecule has 106 valence electrons. The van der Waals surface area contributed by atoms with Gasteiger partial charge < -0.3 is 0 Å². The fourth-order valence-electron chi connectivity index (χ4n) is 3.01. The molecule has 0 radical (unpaired) electrons. The van der Waals surface area contributed by atoms with Crippen molar-refractivity contribution in [3.8, 4) is 0 Å². The summed E-state index contributed by atoms with van der Waals surface area (Å²) < 4.78 is 0. The second-order valence-corrected chi connectivity index (χ2v) is 6.60. The first-order valence-electron chi connectivity index (χ1n) is 7.08. The largest absolute Gasteiger partial charge is 0.289 e. The SMILES string of the molecule is CC1(C)C/C(=C\c2cccc(Cl)c2)C(=O)c2ccccc21. The molecule has 0 amide bonds. The van der Waals surface area contributed by atoms with Crippen molar-refractivity contribution in [1.82, 2.24) is 0 Å². The van der Waals surface area contributed by atoms with Gasteiger partial charge in [-0.2, -0.15) is 0 Å². The summed E-state index contributed by atoms with van der Waals surface area (Å²) in [5, 5.41) is 0.687. The van der Waals surface area contributed by atoms with E-state index >= 15 is 0 Å². The lowest BCUT2D eigenvalue weighted by atomic mass is 9.70. The van der Waals surface area contributed by atoms with Gasteiger partial charge in [-0.25, -0.2) is 0 Å². The summed E-state index contributed by atoms with van der Waals surface area (Å²) in [6, 6.07) is 15.5. The Bertz CT molecular complexity index is 741. The molecular formula is C19H17ClO. The number of ketones is 1. The van der Waals surface area contributed by atoms with Crippen LogP contribution in [0.15, 0.2) is 54.1 Å². The molecule has 0 fully saturated rings. The normalized spacial score (nSPS) is 18.6. The monoisotopic (exact) mass is 296 g/mol. The van der Waals surface area contributed by atoms with E-state index in [-0.39, 0.29) is 11.2 Å². The van der Waals surface area contributed by atoms with Gasteiger partial charge in [0.25, 0.3) is 0 Å². The molecule has 0 aliphatic heterocycles. The van der Waals surface area contributed by atoms with E-state index in [0.29, 0.717) is 5.02 Å². The average Bonchev–Trinajstić information content (AvgIpc) is 2.44. The van der Waals surface area contributed by atoms with E-state index in [4.69, 9.17) is 11.6 Å². The number of fused-ring (bicyclic) bond motifs is 1. The van der Waals surface area contributed by atoms with E-state index in [0.717, 1.165) is 28.7 Å². The van der Waals surface area contributed by atoms with Crippen molar-refractivity contribution in [2.24, 2.45) is 0 Å². The highest BCUT2D eigenvalue weighted by molar-refractivity contribution is 6.30. The van der Waals surface area contributed by atoms with E-state index in [1.807, 2.05) is 48.5 Å². The third-order valence-corrected chi connectivity index (χ3v) is 4.25. The molecule has 0 N–H and O–H groups in total. The van der Waals surface area contributed by atoms with Crippen LogP contribution in [0.3, 0.4) is 0 Å². The van der Waals surface area contributed by atoms with Crippen LogP contribution >= 0.6 is 11.6 Å². The summed E-state index contributed by atoms with van der Waals surface area (Å²) in [5.74, 6) is 0.130. The molecule has 21 heavy (non-hydrogen) atoms. The standard InChI is InChI=1S/C19H17ClO/c1-19(2)12-14(10-13-6-5-7-15(20)11-13)18(21)16-8-3-4-9-17(16)19/h3-11H,12H2,1-2H3/b14-10+. The Balaban J connectivity index is 2.09. The first-order valence-corrected chi connectivity index (χ1v) is 7.45. The zero-order valence-electron chi connectivity index (χ0n) is 12.2. The van der Waals surface area contributed by atoms with Gasteiger partial charge in [-0.3, -0.25) is 4.79 Å². The molecule has 0 bridgehead atoms. The van der Waals surface area contributed by atoms with Gasteiger partial charge in [0.1, 0.15) is 0 Å². The number of benzene rings is 2. The van der Waals surface area contributed by atoms with Crippen LogP contribution in [0.2, 0.25) is 5.02 Å². The number of carbonyl (C=O) groups is 1. The van der Waals surface area contributed by atoms with Crippen LogP contribution in [-0.2, 0) is 5.41 Å². The molecule has 0 spiro atoms. The Morgan fingerprint density at radius 2 is 1.86 bits per heavy atom. The van der Waals surface area contributed by atoms with Crippen LogP contribution in [0, 0.1) is 0 Å². The second kappa shape index (κ2) is 5.16. The number of carbonyl (C=O) groups excluding carboxylic acids is 1. The molecule has 1 nitrogen and oxygen atoms in total. The number of rotatable bonds is 1. The van der Waals surface area contributed by atoms with Gasteiger partial charge in [-0.05, 0) is 41.2 Å². The molecule has 0 unspecified atom stereocenters. The molecular weight excluding hydrogens is 280 g/mol. The lowest BCUT2D eigenvalue weighted by molar-refractivity contribution is 0.101. The van der Waals surface area contributed by atoms with E-state index < -0.39 is 0 Å². The first-order chi connectivity index (χ1) is 9.97. The second-order valence-electron chi connectivity index (χ2n) is 6.16. The maximum atomic E-state index is 12.7. The van der Waals surface area contributed by atoms with Crippen LogP contribution in [0.4, 0.5) is 0 Å². The fourth-order valence-corrected chi connectivity index (χ4v) is 3.21. The van der Waals surface area contributed by atoms with Crippen LogP contribution < -0.4 is 0 Å². The molecule has 1 aliphatic carbocycles. The topological polar surface area (TPSA) is 17.1 Å². The van der Waals surface area contributed by atoms with Crippen molar-refractivity contribution in [1.29, 1.82) is 0 Å². The highest BCUT2D eigenvalue weighted by Gasteiger charge is 2.34. The van der Waals surface area contributed by atoms with E-state index in [2.05, 4.69) is 19.9 Å². The molecule has 0 atom stereocenters. The minimum atomic E-state index is -0.0328. The van der Waals surface area contributed by atoms with Gasteiger partial charge >= 0.3 is 0 Å². The highest BCUT2D eigenvalue weighted by Crippen LogP contribution is 2.39. The summed E-state index contributed by atoms with van der Waals surface area (Å²) >= 11 is 6.02. The highest BCUT2D eigenvalue weighted by atomic mass is 35.5. The lowest BCUT2D eigenvalue weighted by Crippen LogP contribution is -2.29. The number of hydrogen-bond donors (Lipinski definition) is 0. The minimum absolute atomic E-state index is 0.0328. The Kier molecular flexibility index (Phi) is 3.46. The van der Waals surface area contributed by atoms with E-state index in [1.54, 1.807) is 0 Å². The smallest absolute Gasteiger partial charge is 0.189 e. The zero-order chi connectivity index (χ0) is 15.0. The molecule has 0 aromatic heterocycles. The summed E-state index contributed by atoms with van der Waals surface area (Å²) in [6.07, 6.45) is 2.71. The first kappa shape index (κ1) is 14.1. The predicted molar refractivity (Wildman–Crippen MR) is 87.8 cm³/mol. The minimum Gasteiger partial charge on any atom is -0.289 e. The quantitative estimate of drug-likeness (QED) is 0.654. The van der Waals surface area contributed by atoms with Crippen LogP contribution in [0.25, 0.3) is 6.08 Å². The summed E-state index contributed by atoms with van der Waals surface area (Å²) in [5.41, 5.74) is 3.75. The molecule has 0 saturated carbocycles. The number of halogens is 1. The molecule has 2 aromatic rings. The molecule has 1 aliphatic rings. The van der Waals surface area contributed by atoms with Crippen LogP contribution in [0.5, 0.6) is 0 Å². The number of allylic oxidation sites excluding steroid dienone is 1. The Hall–Kier alpha value is -1.86. The Labute approximate surface area is 130 Å². The molecule has 0 heterocycles. The molecule has 0 saturated heterocycles. The molecule has 2 heteroatoms. The third-order valence-electron chi connectivity index (χ3n) is 4.01. The van der Waals surface area contributed by atoms with E-state index in [1.165, 1.54) is 0 Å². The van der Waals surface area contributed by atoms with Crippen LogP contribution in [0.1, 0.15) is 41.8 Å². The average molecular weight is 297 g/mol. The van der Waals surface area contributed by atoms with Crippen molar-refractivity contribution in [2.75, 3.05) is 0 Å². The van der Waals surface area contributed by atoms with Crippen molar-refractivity contribution in [3.63, 3.8) is 0 Å². The van der Waals surface area contributed by atoms with Gasteiger partial charge in [0, 0.05) is 16.2 Å². The third kappa shape index (κ3) is 2.66. The predicted octanol–water partition coefficient (Wildman–Crippen LogP) is 5.29. The van der Waals surface area contributed by atoms with Crippen LogP contribution in [-0.4, -0.2) is 5.78 Å². The fraction of sp³-hybridized carbons (Fsp3) is 0.211. The zero-order valence-corrected chi connectivity index (χ0v) is 12.9. The summed E-state index contributed by atoms with van der Waals surface area (Å²) in [4.78, 5) is 12.7. The number of hydrogen-bond acceptors (Lipinski definition) is 1. The van der Waals surface area contributed by atoms with Crippen molar-refractivity contribution in [3.05, 3.63) is 75.8 Å². The molecule has 2 aromatic carbocycles. The Morgan fingerprint density at radius 1 is 1.10 bits per heavy atom. The van der Waals surface area contributed by atoms with Crippen molar-refractivity contribution < 1.29 is 4.79 Å². The van der Waals surface area contributed by atoms with Gasteiger partial charge in [-0.1, -0.05) is 61.8 Å². The Morgan fingerprint density at radius 3 is 2.62 bits per heavy atom.